The number of nitrogens with two attached hydrogens (primary N) is 1. The van der Waals surface area contributed by atoms with Gasteiger partial charge in [0.2, 0.25) is 0 Å². The van der Waals surface area contributed by atoms with E-state index in [1.807, 2.05) is 12.1 Å². The molecule has 0 spiro atoms. The van der Waals surface area contributed by atoms with Crippen LogP contribution in [-0.4, -0.2) is 6.54 Å². The van der Waals surface area contributed by atoms with Crippen LogP contribution in [0.1, 0.15) is 50.2 Å². The van der Waals surface area contributed by atoms with Crippen molar-refractivity contribution in [2.24, 2.45) is 5.73 Å². The fraction of sp³-hybridized carbons (Fsp3) is 0.600. The maximum Gasteiger partial charge on any atom is 0.270 e. The van der Waals surface area contributed by atoms with Gasteiger partial charge in [0.1, 0.15) is 0 Å². The van der Waals surface area contributed by atoms with Gasteiger partial charge in [-0.15, -0.1) is 0 Å². The Labute approximate surface area is 107 Å². The van der Waals surface area contributed by atoms with Crippen molar-refractivity contribution >= 4 is 0 Å². The SMILES string of the molecule is CC(F)(F)c1ccccc1C1(CN)CCCCC1. The van der Waals surface area contributed by atoms with Gasteiger partial charge < -0.3 is 5.73 Å². The molecule has 0 heterocycles. The van der Waals surface area contributed by atoms with E-state index in [0.717, 1.165) is 38.2 Å². The number of hydrogen-bond acceptors (Lipinski definition) is 1. The predicted octanol–water partition coefficient (Wildman–Crippen LogP) is 3.96. The van der Waals surface area contributed by atoms with E-state index in [2.05, 4.69) is 0 Å². The molecule has 0 radical (unpaired) electrons. The highest BCUT2D eigenvalue weighted by Gasteiger charge is 2.38. The standard InChI is InChI=1S/C15H21F2N/c1-14(16,17)12-7-3-4-8-13(12)15(11-18)9-5-2-6-10-15/h3-4,7-8H,2,5-6,9-11,18H2,1H3. The molecule has 1 saturated carbocycles. The molecule has 18 heavy (non-hydrogen) atoms. The Bertz CT molecular complexity index is 403. The summed E-state index contributed by atoms with van der Waals surface area (Å²) in [5, 5.41) is 0. The zero-order valence-electron chi connectivity index (χ0n) is 10.9. The lowest BCUT2D eigenvalue weighted by molar-refractivity contribution is 0.0148. The van der Waals surface area contributed by atoms with E-state index >= 15 is 0 Å². The lowest BCUT2D eigenvalue weighted by Gasteiger charge is -2.39. The molecule has 0 aliphatic heterocycles. The molecule has 0 amide bonds. The van der Waals surface area contributed by atoms with Crippen LogP contribution in [0.25, 0.3) is 0 Å². The number of benzene rings is 1. The van der Waals surface area contributed by atoms with E-state index in [9.17, 15) is 8.78 Å². The van der Waals surface area contributed by atoms with Gasteiger partial charge in [-0.3, -0.25) is 0 Å². The normalized spacial score (nSPS) is 19.8. The van der Waals surface area contributed by atoms with Crippen molar-refractivity contribution in [1.82, 2.24) is 0 Å². The summed E-state index contributed by atoms with van der Waals surface area (Å²) in [7, 11) is 0. The van der Waals surface area contributed by atoms with Crippen molar-refractivity contribution < 1.29 is 8.78 Å². The predicted molar refractivity (Wildman–Crippen MR) is 69.8 cm³/mol. The van der Waals surface area contributed by atoms with Crippen LogP contribution in [0.4, 0.5) is 8.78 Å². The van der Waals surface area contributed by atoms with Crippen LogP contribution in [0, 0.1) is 0 Å². The van der Waals surface area contributed by atoms with E-state index in [1.165, 1.54) is 6.42 Å². The first-order valence-electron chi connectivity index (χ1n) is 6.67. The monoisotopic (exact) mass is 253 g/mol. The van der Waals surface area contributed by atoms with Crippen molar-refractivity contribution in [3.63, 3.8) is 0 Å². The molecule has 2 N–H and O–H groups in total. The summed E-state index contributed by atoms with van der Waals surface area (Å²) < 4.78 is 27.5. The molecule has 0 aromatic heterocycles. The first-order valence-corrected chi connectivity index (χ1v) is 6.67. The number of halogens is 2. The summed E-state index contributed by atoms with van der Waals surface area (Å²) in [4.78, 5) is 0. The lowest BCUT2D eigenvalue weighted by atomic mass is 9.67. The Morgan fingerprint density at radius 2 is 1.78 bits per heavy atom. The van der Waals surface area contributed by atoms with Gasteiger partial charge in [-0.2, -0.15) is 0 Å². The quantitative estimate of drug-likeness (QED) is 0.867. The van der Waals surface area contributed by atoms with Crippen LogP contribution in [0.5, 0.6) is 0 Å². The molecule has 1 nitrogen and oxygen atoms in total. The molecule has 3 heteroatoms. The van der Waals surface area contributed by atoms with Crippen molar-refractivity contribution in [1.29, 1.82) is 0 Å². The summed E-state index contributed by atoms with van der Waals surface area (Å²) in [6, 6.07) is 6.91. The lowest BCUT2D eigenvalue weighted by Crippen LogP contribution is -2.39. The zero-order valence-corrected chi connectivity index (χ0v) is 10.9. The highest BCUT2D eigenvalue weighted by Crippen LogP contribution is 2.43. The van der Waals surface area contributed by atoms with Crippen LogP contribution in [0.3, 0.4) is 0 Å². The third kappa shape index (κ3) is 2.41. The molecule has 0 unspecified atom stereocenters. The minimum absolute atomic E-state index is 0.150. The first-order chi connectivity index (χ1) is 8.49. The van der Waals surface area contributed by atoms with Gasteiger partial charge in [0, 0.05) is 24.4 Å². The molecule has 0 saturated heterocycles. The Morgan fingerprint density at radius 3 is 2.33 bits per heavy atom. The number of rotatable bonds is 3. The van der Waals surface area contributed by atoms with E-state index in [4.69, 9.17) is 5.73 Å². The van der Waals surface area contributed by atoms with E-state index < -0.39 is 5.92 Å². The minimum atomic E-state index is -2.80. The van der Waals surface area contributed by atoms with Crippen LogP contribution in [0.15, 0.2) is 24.3 Å². The molecule has 0 bridgehead atoms. The third-order valence-corrected chi connectivity index (χ3v) is 4.17. The summed E-state index contributed by atoms with van der Waals surface area (Å²) in [6.07, 6.45) is 5.21. The second-order valence-electron chi connectivity index (χ2n) is 5.48. The molecule has 0 atom stereocenters. The molecule has 1 fully saturated rings. The van der Waals surface area contributed by atoms with Crippen LogP contribution in [-0.2, 0) is 11.3 Å². The molecule has 100 valence electrons. The van der Waals surface area contributed by atoms with Gasteiger partial charge in [0.25, 0.3) is 5.92 Å². The summed E-state index contributed by atoms with van der Waals surface area (Å²) in [6.45, 7) is 1.43. The van der Waals surface area contributed by atoms with E-state index in [1.54, 1.807) is 12.1 Å². The molecular formula is C15H21F2N. The highest BCUT2D eigenvalue weighted by molar-refractivity contribution is 5.38. The Balaban J connectivity index is 2.48. The topological polar surface area (TPSA) is 26.0 Å². The number of hydrogen-bond donors (Lipinski definition) is 1. The Morgan fingerprint density at radius 1 is 1.17 bits per heavy atom. The summed E-state index contributed by atoms with van der Waals surface area (Å²) >= 11 is 0. The summed E-state index contributed by atoms with van der Waals surface area (Å²) in [5.41, 5.74) is 6.61. The largest absolute Gasteiger partial charge is 0.330 e. The molecule has 1 aromatic rings. The van der Waals surface area contributed by atoms with Gasteiger partial charge in [-0.25, -0.2) is 8.78 Å². The third-order valence-electron chi connectivity index (χ3n) is 4.17. The second kappa shape index (κ2) is 4.96. The van der Waals surface area contributed by atoms with Crippen LogP contribution < -0.4 is 5.73 Å². The second-order valence-corrected chi connectivity index (χ2v) is 5.48. The maximum atomic E-state index is 13.7. The molecule has 2 rings (SSSR count). The summed E-state index contributed by atoms with van der Waals surface area (Å²) in [5.74, 6) is -2.80. The average molecular weight is 253 g/mol. The van der Waals surface area contributed by atoms with E-state index in [-0.39, 0.29) is 11.0 Å². The van der Waals surface area contributed by atoms with Crippen molar-refractivity contribution in [2.45, 2.75) is 50.4 Å². The average Bonchev–Trinajstić information content (AvgIpc) is 2.38. The van der Waals surface area contributed by atoms with Crippen molar-refractivity contribution in [3.05, 3.63) is 35.4 Å². The fourth-order valence-corrected chi connectivity index (χ4v) is 3.14. The molecule has 1 aliphatic rings. The Kier molecular flexibility index (Phi) is 3.71. The van der Waals surface area contributed by atoms with Gasteiger partial charge in [0.05, 0.1) is 0 Å². The van der Waals surface area contributed by atoms with Gasteiger partial charge in [0.15, 0.2) is 0 Å². The fourth-order valence-electron chi connectivity index (χ4n) is 3.14. The molecular weight excluding hydrogens is 232 g/mol. The first kappa shape index (κ1) is 13.5. The number of alkyl halides is 2. The maximum absolute atomic E-state index is 13.7. The van der Waals surface area contributed by atoms with Gasteiger partial charge in [-0.1, -0.05) is 43.5 Å². The van der Waals surface area contributed by atoms with Crippen LogP contribution in [0.2, 0.25) is 0 Å². The zero-order chi connectivity index (χ0) is 13.2. The molecule has 1 aliphatic carbocycles. The van der Waals surface area contributed by atoms with E-state index in [0.29, 0.717) is 6.54 Å². The minimum Gasteiger partial charge on any atom is -0.330 e. The smallest absolute Gasteiger partial charge is 0.270 e. The Hall–Kier alpha value is -0.960. The van der Waals surface area contributed by atoms with Crippen molar-refractivity contribution in [2.75, 3.05) is 6.54 Å². The van der Waals surface area contributed by atoms with Crippen molar-refractivity contribution in [3.8, 4) is 0 Å². The van der Waals surface area contributed by atoms with Crippen LogP contribution >= 0.6 is 0 Å². The molecule has 1 aromatic carbocycles. The van der Waals surface area contributed by atoms with Gasteiger partial charge in [-0.05, 0) is 18.4 Å². The highest BCUT2D eigenvalue weighted by atomic mass is 19.3. The van der Waals surface area contributed by atoms with Gasteiger partial charge >= 0.3 is 0 Å².